The summed E-state index contributed by atoms with van der Waals surface area (Å²) in [7, 11) is 0. The molecule has 24 heavy (non-hydrogen) atoms. The van der Waals surface area contributed by atoms with Gasteiger partial charge in [-0.05, 0) is 41.8 Å². The molecule has 126 valence electrons. The van der Waals surface area contributed by atoms with Crippen molar-refractivity contribution >= 4 is 23.2 Å². The van der Waals surface area contributed by atoms with E-state index in [9.17, 15) is 14.4 Å². The van der Waals surface area contributed by atoms with Crippen molar-refractivity contribution in [3.05, 3.63) is 50.6 Å². The van der Waals surface area contributed by atoms with Crippen LogP contribution in [0.15, 0.2) is 33.8 Å². The molecule has 8 heteroatoms. The number of nitrogens with one attached hydrogen (secondary N) is 2. The molecule has 0 radical (unpaired) electrons. The summed E-state index contributed by atoms with van der Waals surface area (Å²) in [6, 6.07) is 4.49. The van der Waals surface area contributed by atoms with E-state index >= 15 is 0 Å². The number of piperidine rings is 1. The van der Waals surface area contributed by atoms with E-state index in [0.717, 1.165) is 10.2 Å². The molecule has 0 aromatic carbocycles. The predicted molar refractivity (Wildman–Crippen MR) is 89.6 cm³/mol. The summed E-state index contributed by atoms with van der Waals surface area (Å²) in [5.74, 6) is -0.315. The number of carbonyl (C=O) groups is 2. The zero-order valence-corrected chi connectivity index (χ0v) is 14.0. The fourth-order valence-corrected chi connectivity index (χ4v) is 3.47. The quantitative estimate of drug-likeness (QED) is 0.854. The molecular formula is C16H18N4O3S. The van der Waals surface area contributed by atoms with Crippen molar-refractivity contribution in [2.24, 2.45) is 0 Å². The highest BCUT2D eigenvalue weighted by atomic mass is 32.1. The van der Waals surface area contributed by atoms with Gasteiger partial charge in [-0.1, -0.05) is 0 Å². The third kappa shape index (κ3) is 3.70. The van der Waals surface area contributed by atoms with E-state index in [-0.39, 0.29) is 36.0 Å². The van der Waals surface area contributed by atoms with Crippen LogP contribution in [0.2, 0.25) is 0 Å². The van der Waals surface area contributed by atoms with Gasteiger partial charge in [0.25, 0.3) is 5.56 Å². The largest absolute Gasteiger partial charge is 0.349 e. The minimum Gasteiger partial charge on any atom is -0.349 e. The number of thiophene rings is 1. The van der Waals surface area contributed by atoms with Crippen molar-refractivity contribution in [2.75, 3.05) is 0 Å². The molecule has 2 aromatic heterocycles. The van der Waals surface area contributed by atoms with Crippen LogP contribution in [0.3, 0.4) is 0 Å². The summed E-state index contributed by atoms with van der Waals surface area (Å²) in [4.78, 5) is 35.8. The fourth-order valence-electron chi connectivity index (χ4n) is 2.78. The Morgan fingerprint density at radius 3 is 3.00 bits per heavy atom. The molecule has 3 heterocycles. The molecule has 1 aliphatic rings. The topological polar surface area (TPSA) is 93.1 Å². The molecule has 0 aliphatic carbocycles. The number of aryl methyl sites for hydroxylation is 1. The molecule has 0 bridgehead atoms. The maximum absolute atomic E-state index is 12.3. The number of aromatic nitrogens is 2. The number of rotatable bonds is 4. The van der Waals surface area contributed by atoms with E-state index in [1.807, 2.05) is 16.8 Å². The second-order valence-corrected chi connectivity index (χ2v) is 6.57. The van der Waals surface area contributed by atoms with Gasteiger partial charge in [0.15, 0.2) is 0 Å². The Morgan fingerprint density at radius 2 is 2.25 bits per heavy atom. The fraction of sp³-hybridized carbons (Fsp3) is 0.375. The average molecular weight is 346 g/mol. The van der Waals surface area contributed by atoms with Gasteiger partial charge in [0.2, 0.25) is 11.8 Å². The van der Waals surface area contributed by atoms with Crippen LogP contribution < -0.4 is 16.2 Å². The molecule has 0 spiro atoms. The maximum atomic E-state index is 12.3. The van der Waals surface area contributed by atoms with Crippen molar-refractivity contribution in [1.82, 2.24) is 20.4 Å². The lowest BCUT2D eigenvalue weighted by Gasteiger charge is -2.32. The monoisotopic (exact) mass is 346 g/mol. The minimum absolute atomic E-state index is 0.0201. The normalized spacial score (nSPS) is 20.5. The van der Waals surface area contributed by atoms with Crippen molar-refractivity contribution in [3.63, 3.8) is 0 Å². The predicted octanol–water partition coefficient (Wildman–Crippen LogP) is 0.749. The molecule has 0 unspecified atom stereocenters. The van der Waals surface area contributed by atoms with Crippen molar-refractivity contribution in [1.29, 1.82) is 0 Å². The Hall–Kier alpha value is -2.48. The number of carbonyl (C=O) groups excluding carboxylic acids is 2. The summed E-state index contributed by atoms with van der Waals surface area (Å²) in [6.45, 7) is 1.62. The number of hydrogen-bond donors (Lipinski definition) is 2. The van der Waals surface area contributed by atoms with E-state index in [1.165, 1.54) is 6.07 Å². The van der Waals surface area contributed by atoms with Gasteiger partial charge in [-0.3, -0.25) is 14.4 Å². The molecule has 7 nitrogen and oxygen atoms in total. The van der Waals surface area contributed by atoms with Gasteiger partial charge in [-0.2, -0.15) is 16.4 Å². The average Bonchev–Trinajstić information content (AvgIpc) is 3.07. The molecule has 3 rings (SSSR count). The SMILES string of the molecule is Cc1ccc(=O)n(CC(=O)N[C@@H]2CCC(=O)N[C@H]2c2ccsc2)n1. The van der Waals surface area contributed by atoms with Crippen LogP contribution in [0, 0.1) is 6.92 Å². The standard InChI is InChI=1S/C16H18N4O3S/c1-10-2-5-15(23)20(19-10)8-14(22)17-12-3-4-13(21)18-16(12)11-6-7-24-9-11/h2,5-7,9,12,16H,3-4,8H2,1H3,(H,17,22)(H,18,21)/t12-,16+/m1/s1. The summed E-state index contributed by atoms with van der Waals surface area (Å²) >= 11 is 1.54. The first-order valence-electron chi connectivity index (χ1n) is 7.68. The van der Waals surface area contributed by atoms with E-state index < -0.39 is 0 Å². The highest BCUT2D eigenvalue weighted by Crippen LogP contribution is 2.25. The van der Waals surface area contributed by atoms with Crippen molar-refractivity contribution < 1.29 is 9.59 Å². The summed E-state index contributed by atoms with van der Waals surface area (Å²) < 4.78 is 1.14. The third-order valence-corrected chi connectivity index (χ3v) is 4.64. The number of nitrogens with zero attached hydrogens (tertiary/aromatic N) is 2. The molecule has 1 fully saturated rings. The van der Waals surface area contributed by atoms with E-state index in [2.05, 4.69) is 15.7 Å². The van der Waals surface area contributed by atoms with Crippen LogP contribution >= 0.6 is 11.3 Å². The van der Waals surface area contributed by atoms with Gasteiger partial charge >= 0.3 is 0 Å². The first-order valence-corrected chi connectivity index (χ1v) is 8.63. The smallest absolute Gasteiger partial charge is 0.267 e. The highest BCUT2D eigenvalue weighted by molar-refractivity contribution is 7.08. The number of amides is 2. The second kappa shape index (κ2) is 6.96. The molecule has 0 saturated carbocycles. The van der Waals surface area contributed by atoms with Crippen LogP contribution in [0.25, 0.3) is 0 Å². The van der Waals surface area contributed by atoms with Crippen LogP contribution in [-0.4, -0.2) is 27.6 Å². The first-order chi connectivity index (χ1) is 11.5. The summed E-state index contributed by atoms with van der Waals surface area (Å²) in [6.07, 6.45) is 0.933. The molecule has 1 saturated heterocycles. The molecule has 2 atom stereocenters. The van der Waals surface area contributed by atoms with E-state index in [0.29, 0.717) is 18.5 Å². The lowest BCUT2D eigenvalue weighted by atomic mass is 9.93. The van der Waals surface area contributed by atoms with Gasteiger partial charge < -0.3 is 10.6 Å². The maximum Gasteiger partial charge on any atom is 0.267 e. The van der Waals surface area contributed by atoms with Gasteiger partial charge in [-0.25, -0.2) is 4.68 Å². The van der Waals surface area contributed by atoms with Crippen LogP contribution in [0.4, 0.5) is 0 Å². The Bertz CT molecular complexity index is 800. The van der Waals surface area contributed by atoms with Gasteiger partial charge in [0, 0.05) is 12.5 Å². The number of hydrogen-bond acceptors (Lipinski definition) is 5. The van der Waals surface area contributed by atoms with Gasteiger partial charge in [0.05, 0.1) is 17.8 Å². The lowest BCUT2D eigenvalue weighted by molar-refractivity contribution is -0.127. The second-order valence-electron chi connectivity index (χ2n) is 5.79. The molecule has 1 aliphatic heterocycles. The molecule has 2 N–H and O–H groups in total. The Morgan fingerprint density at radius 1 is 1.42 bits per heavy atom. The summed E-state index contributed by atoms with van der Waals surface area (Å²) in [5.41, 5.74) is 1.33. The van der Waals surface area contributed by atoms with Crippen molar-refractivity contribution in [2.45, 2.75) is 38.4 Å². The first kappa shape index (κ1) is 16.4. The van der Waals surface area contributed by atoms with Crippen molar-refractivity contribution in [3.8, 4) is 0 Å². The van der Waals surface area contributed by atoms with Gasteiger partial charge in [0.1, 0.15) is 6.54 Å². The minimum atomic E-state index is -0.318. The van der Waals surface area contributed by atoms with Gasteiger partial charge in [-0.15, -0.1) is 0 Å². The van der Waals surface area contributed by atoms with Crippen LogP contribution in [0.1, 0.15) is 30.1 Å². The Labute approximate surface area is 142 Å². The van der Waals surface area contributed by atoms with Crippen LogP contribution in [0.5, 0.6) is 0 Å². The highest BCUT2D eigenvalue weighted by Gasteiger charge is 2.31. The Balaban J connectivity index is 1.71. The molecule has 2 aromatic rings. The van der Waals surface area contributed by atoms with E-state index in [1.54, 1.807) is 24.3 Å². The molecular weight excluding hydrogens is 328 g/mol. The lowest BCUT2D eigenvalue weighted by Crippen LogP contribution is -2.51. The Kier molecular flexibility index (Phi) is 4.75. The third-order valence-electron chi connectivity index (χ3n) is 3.94. The zero-order chi connectivity index (χ0) is 17.1. The molecule has 2 amide bonds. The zero-order valence-electron chi connectivity index (χ0n) is 13.2. The van der Waals surface area contributed by atoms with Crippen LogP contribution in [-0.2, 0) is 16.1 Å². The summed E-state index contributed by atoms with van der Waals surface area (Å²) in [5, 5.41) is 13.8. The van der Waals surface area contributed by atoms with E-state index in [4.69, 9.17) is 0 Å².